The molecule has 0 aromatic rings. The van der Waals surface area contributed by atoms with Gasteiger partial charge in [0, 0.05) is 51.4 Å². The Labute approximate surface area is 168 Å². The van der Waals surface area contributed by atoms with Crippen molar-refractivity contribution in [2.75, 3.05) is 5.75 Å². The molecular formula is C15H32KO3S. The quantitative estimate of drug-likeness (QED) is 0.288. The van der Waals surface area contributed by atoms with Gasteiger partial charge in [0.05, 0.1) is 5.75 Å². The smallest absolute Gasteiger partial charge is 0.264 e. The van der Waals surface area contributed by atoms with Gasteiger partial charge in [0.15, 0.2) is 0 Å². The van der Waals surface area contributed by atoms with Crippen molar-refractivity contribution < 1.29 is 13.0 Å². The van der Waals surface area contributed by atoms with Crippen LogP contribution in [0.5, 0.6) is 0 Å². The van der Waals surface area contributed by atoms with Crippen molar-refractivity contribution in [1.29, 1.82) is 0 Å². The summed E-state index contributed by atoms with van der Waals surface area (Å²) >= 11 is 0. The molecule has 0 rings (SSSR count). The molecule has 0 saturated heterocycles. The molecule has 0 bridgehead atoms. The molecule has 0 aromatic heterocycles. The van der Waals surface area contributed by atoms with Gasteiger partial charge >= 0.3 is 0 Å². The molecule has 0 unspecified atom stereocenters. The third-order valence-corrected chi connectivity index (χ3v) is 4.31. The second-order valence-corrected chi connectivity index (χ2v) is 7.10. The molecule has 0 amide bonds. The maximum Gasteiger partial charge on any atom is 0.264 e. The Morgan fingerprint density at radius 3 is 1.25 bits per heavy atom. The van der Waals surface area contributed by atoms with Gasteiger partial charge in [0.25, 0.3) is 10.1 Å². The van der Waals surface area contributed by atoms with Crippen molar-refractivity contribution >= 4 is 61.5 Å². The minimum Gasteiger partial charge on any atom is -0.286 e. The molecule has 0 heterocycles. The normalized spacial score (nSPS) is 11.3. The summed E-state index contributed by atoms with van der Waals surface area (Å²) in [5.41, 5.74) is 0. The van der Waals surface area contributed by atoms with E-state index in [9.17, 15) is 8.42 Å². The van der Waals surface area contributed by atoms with Crippen LogP contribution in [0.2, 0.25) is 0 Å². The molecule has 0 aliphatic rings. The molecule has 0 aliphatic heterocycles. The maximum atomic E-state index is 10.5. The molecule has 0 atom stereocenters. The van der Waals surface area contributed by atoms with E-state index in [-0.39, 0.29) is 57.1 Å². The van der Waals surface area contributed by atoms with Crippen molar-refractivity contribution in [3.8, 4) is 0 Å². The Kier molecular flexibility index (Phi) is 20.1. The fraction of sp³-hybridized carbons (Fsp3) is 1.00. The standard InChI is InChI=1S/C15H32O3S.K/c1-2-3-4-5-6-7-8-9-10-11-12-13-14-15-19(16,17)18;/h2-15H2,1H3,(H,16,17,18);. The Morgan fingerprint density at radius 2 is 0.950 bits per heavy atom. The average Bonchev–Trinajstić information content (AvgIpc) is 2.34. The van der Waals surface area contributed by atoms with Gasteiger partial charge in [0.1, 0.15) is 0 Å². The first-order valence-electron chi connectivity index (χ1n) is 8.01. The van der Waals surface area contributed by atoms with Crippen molar-refractivity contribution in [2.45, 2.75) is 90.4 Å². The number of hydrogen-bond acceptors (Lipinski definition) is 2. The predicted molar refractivity (Wildman–Crippen MR) is 87.9 cm³/mol. The molecule has 0 aliphatic carbocycles. The van der Waals surface area contributed by atoms with Crippen molar-refractivity contribution in [3.63, 3.8) is 0 Å². The van der Waals surface area contributed by atoms with E-state index in [1.54, 1.807) is 0 Å². The van der Waals surface area contributed by atoms with Crippen LogP contribution in [0, 0.1) is 0 Å². The Hall–Kier alpha value is 1.55. The van der Waals surface area contributed by atoms with E-state index in [0.29, 0.717) is 6.42 Å². The summed E-state index contributed by atoms with van der Waals surface area (Å²) in [6.45, 7) is 2.25. The number of rotatable bonds is 14. The SMILES string of the molecule is CCCCCCCCCCCCCCCS(=O)(=O)O.[K]. The molecule has 1 N–H and O–H groups in total. The molecule has 3 nitrogen and oxygen atoms in total. The third kappa shape index (κ3) is 21.8. The first-order chi connectivity index (χ1) is 9.06. The van der Waals surface area contributed by atoms with E-state index in [2.05, 4.69) is 6.92 Å². The molecule has 0 saturated carbocycles. The van der Waals surface area contributed by atoms with Gasteiger partial charge in [0.2, 0.25) is 0 Å². The average molecular weight is 332 g/mol. The molecule has 117 valence electrons. The first-order valence-corrected chi connectivity index (χ1v) is 9.62. The molecular weight excluding hydrogens is 299 g/mol. The summed E-state index contributed by atoms with van der Waals surface area (Å²) in [5, 5.41) is 0. The number of unbranched alkanes of at least 4 members (excludes halogenated alkanes) is 12. The third-order valence-electron chi connectivity index (χ3n) is 3.51. The zero-order valence-electron chi connectivity index (χ0n) is 13.6. The second kappa shape index (κ2) is 16.9. The van der Waals surface area contributed by atoms with Crippen LogP contribution < -0.4 is 0 Å². The summed E-state index contributed by atoms with van der Waals surface area (Å²) in [5.74, 6) is -0.0786. The van der Waals surface area contributed by atoms with Crippen LogP contribution in [0.4, 0.5) is 0 Å². The Bertz CT molecular complexity index is 279. The minimum absolute atomic E-state index is 0. The Morgan fingerprint density at radius 1 is 0.650 bits per heavy atom. The van der Waals surface area contributed by atoms with Crippen LogP contribution in [-0.4, -0.2) is 70.1 Å². The van der Waals surface area contributed by atoms with Crippen molar-refractivity contribution in [2.24, 2.45) is 0 Å². The van der Waals surface area contributed by atoms with E-state index in [1.807, 2.05) is 0 Å². The van der Waals surface area contributed by atoms with Crippen LogP contribution in [0.3, 0.4) is 0 Å². The van der Waals surface area contributed by atoms with Crippen LogP contribution >= 0.6 is 0 Å². The minimum atomic E-state index is -3.74. The van der Waals surface area contributed by atoms with E-state index in [0.717, 1.165) is 12.8 Å². The fourth-order valence-electron chi connectivity index (χ4n) is 2.30. The fourth-order valence-corrected chi connectivity index (χ4v) is 2.87. The van der Waals surface area contributed by atoms with Crippen LogP contribution in [0.1, 0.15) is 90.4 Å². The van der Waals surface area contributed by atoms with Gasteiger partial charge in [-0.25, -0.2) is 0 Å². The van der Waals surface area contributed by atoms with E-state index in [1.165, 1.54) is 64.2 Å². The molecule has 0 aromatic carbocycles. The largest absolute Gasteiger partial charge is 0.286 e. The Balaban J connectivity index is 0. The van der Waals surface area contributed by atoms with E-state index < -0.39 is 10.1 Å². The topological polar surface area (TPSA) is 54.4 Å². The zero-order valence-corrected chi connectivity index (χ0v) is 17.5. The van der Waals surface area contributed by atoms with Crippen molar-refractivity contribution in [3.05, 3.63) is 0 Å². The maximum absolute atomic E-state index is 10.5. The molecule has 20 heavy (non-hydrogen) atoms. The molecule has 0 spiro atoms. The van der Waals surface area contributed by atoms with Gasteiger partial charge in [-0.1, -0.05) is 84.0 Å². The van der Waals surface area contributed by atoms with Crippen LogP contribution in [-0.2, 0) is 10.1 Å². The van der Waals surface area contributed by atoms with Gasteiger partial charge in [-0.15, -0.1) is 0 Å². The molecule has 5 heteroatoms. The second-order valence-electron chi connectivity index (χ2n) is 5.53. The van der Waals surface area contributed by atoms with Gasteiger partial charge in [-0.05, 0) is 6.42 Å². The number of hydrogen-bond donors (Lipinski definition) is 1. The van der Waals surface area contributed by atoms with Gasteiger partial charge in [-0.3, -0.25) is 4.55 Å². The summed E-state index contributed by atoms with van der Waals surface area (Å²) in [6, 6.07) is 0. The zero-order chi connectivity index (χ0) is 14.4. The summed E-state index contributed by atoms with van der Waals surface area (Å²) in [7, 11) is -3.74. The predicted octanol–water partition coefficient (Wildman–Crippen LogP) is 4.58. The van der Waals surface area contributed by atoms with Crippen LogP contribution in [0.25, 0.3) is 0 Å². The van der Waals surface area contributed by atoms with E-state index in [4.69, 9.17) is 4.55 Å². The van der Waals surface area contributed by atoms with Crippen LogP contribution in [0.15, 0.2) is 0 Å². The van der Waals surface area contributed by atoms with Gasteiger partial charge in [-0.2, -0.15) is 8.42 Å². The van der Waals surface area contributed by atoms with Gasteiger partial charge < -0.3 is 0 Å². The molecule has 1 radical (unpaired) electrons. The molecule has 0 fully saturated rings. The monoisotopic (exact) mass is 331 g/mol. The summed E-state index contributed by atoms with van der Waals surface area (Å²) in [4.78, 5) is 0. The van der Waals surface area contributed by atoms with E-state index >= 15 is 0 Å². The first kappa shape index (κ1) is 23.8. The summed E-state index contributed by atoms with van der Waals surface area (Å²) in [6.07, 6.45) is 15.9. The summed E-state index contributed by atoms with van der Waals surface area (Å²) < 4.78 is 29.5. The van der Waals surface area contributed by atoms with Crippen molar-refractivity contribution in [1.82, 2.24) is 0 Å².